The fourth-order valence-corrected chi connectivity index (χ4v) is 3.92. The van der Waals surface area contributed by atoms with Gasteiger partial charge in [0.25, 0.3) is 0 Å². The lowest BCUT2D eigenvalue weighted by Gasteiger charge is -2.34. The van der Waals surface area contributed by atoms with Crippen molar-refractivity contribution >= 4 is 50.2 Å². The molecule has 1 amide bonds. The van der Waals surface area contributed by atoms with Gasteiger partial charge in [0.2, 0.25) is 5.91 Å². The van der Waals surface area contributed by atoms with Crippen LogP contribution in [0.1, 0.15) is 6.92 Å². The first-order valence-electron chi connectivity index (χ1n) is 10.7. The van der Waals surface area contributed by atoms with Gasteiger partial charge in [0, 0.05) is 44.5 Å². The Balaban J connectivity index is 1.58. The molecule has 1 atom stereocenters. The number of halogens is 1. The van der Waals surface area contributed by atoms with Crippen molar-refractivity contribution in [1.82, 2.24) is 15.3 Å². The quantitative estimate of drug-likeness (QED) is 0.563. The first kappa shape index (κ1) is 22.0. The Labute approximate surface area is 190 Å². The zero-order valence-corrected chi connectivity index (χ0v) is 19.4. The van der Waals surface area contributed by atoms with E-state index in [4.69, 9.17) is 19.4 Å². The summed E-state index contributed by atoms with van der Waals surface area (Å²) < 4.78 is 11.1. The van der Waals surface area contributed by atoms with E-state index in [0.717, 1.165) is 54.5 Å². The number of morpholine rings is 2. The second-order valence-electron chi connectivity index (χ2n) is 7.76. The minimum atomic E-state index is -0.0236. The van der Waals surface area contributed by atoms with E-state index in [9.17, 15) is 4.79 Å². The summed E-state index contributed by atoms with van der Waals surface area (Å²) in [6.45, 7) is 8.64. The average molecular weight is 493 g/mol. The van der Waals surface area contributed by atoms with Crippen molar-refractivity contribution in [2.24, 2.45) is 0 Å². The van der Waals surface area contributed by atoms with Crippen LogP contribution in [-0.2, 0) is 14.3 Å². The number of hydrogen-bond donors (Lipinski definition) is 2. The van der Waals surface area contributed by atoms with Crippen molar-refractivity contribution in [3.05, 3.63) is 18.2 Å². The maximum atomic E-state index is 11.5. The lowest BCUT2D eigenvalue weighted by molar-refractivity contribution is -0.118. The van der Waals surface area contributed by atoms with E-state index in [-0.39, 0.29) is 11.9 Å². The van der Waals surface area contributed by atoms with Crippen LogP contribution in [0, 0.1) is 0 Å². The summed E-state index contributed by atoms with van der Waals surface area (Å²) in [4.78, 5) is 26.1. The highest BCUT2D eigenvalue weighted by Gasteiger charge is 2.24. The Kier molecular flexibility index (Phi) is 7.41. The molecule has 9 nitrogen and oxygen atoms in total. The van der Waals surface area contributed by atoms with Gasteiger partial charge < -0.3 is 29.9 Å². The second-order valence-corrected chi connectivity index (χ2v) is 8.32. The van der Waals surface area contributed by atoms with Crippen molar-refractivity contribution in [2.75, 3.05) is 79.6 Å². The first-order chi connectivity index (χ1) is 15.1. The van der Waals surface area contributed by atoms with E-state index >= 15 is 0 Å². The zero-order valence-electron chi connectivity index (χ0n) is 17.8. The van der Waals surface area contributed by atoms with Crippen molar-refractivity contribution in [1.29, 1.82) is 0 Å². The fourth-order valence-electron chi connectivity index (χ4n) is 3.76. The molecule has 1 aromatic carbocycles. The summed E-state index contributed by atoms with van der Waals surface area (Å²) in [5, 5.41) is 6.61. The van der Waals surface area contributed by atoms with Crippen LogP contribution in [0.3, 0.4) is 0 Å². The number of rotatable bonds is 7. The van der Waals surface area contributed by atoms with Crippen LogP contribution in [0.15, 0.2) is 18.2 Å². The number of carbonyl (C=O) groups excluding carboxylic acids is 1. The Morgan fingerprint density at radius 1 is 1.03 bits per heavy atom. The average Bonchev–Trinajstić information content (AvgIpc) is 2.82. The molecule has 4 rings (SSSR count). The number of hydrogen-bond acceptors (Lipinski definition) is 8. The number of anilines is 3. The number of carbonyl (C=O) groups is 1. The van der Waals surface area contributed by atoms with Gasteiger partial charge in [-0.3, -0.25) is 4.79 Å². The molecule has 0 bridgehead atoms. The van der Waals surface area contributed by atoms with E-state index in [0.29, 0.717) is 38.3 Å². The smallest absolute Gasteiger partial charge is 0.230 e. The molecular weight excluding hydrogens is 464 g/mol. The van der Waals surface area contributed by atoms with Crippen molar-refractivity contribution in [3.8, 4) is 0 Å². The highest BCUT2D eigenvalue weighted by Crippen LogP contribution is 2.30. The zero-order chi connectivity index (χ0) is 21.6. The van der Waals surface area contributed by atoms with Crippen LogP contribution in [0.2, 0.25) is 0 Å². The molecule has 2 aromatic rings. The molecule has 2 N–H and O–H groups in total. The van der Waals surface area contributed by atoms with E-state index < -0.39 is 0 Å². The molecular formula is C21H29BrN6O3. The second kappa shape index (κ2) is 10.4. The number of aromatic nitrogens is 2. The summed E-state index contributed by atoms with van der Waals surface area (Å²) in [5.74, 6) is 1.81. The van der Waals surface area contributed by atoms with Crippen molar-refractivity contribution in [2.45, 2.75) is 13.0 Å². The molecule has 1 unspecified atom stereocenters. The largest absolute Gasteiger partial charge is 0.383 e. The van der Waals surface area contributed by atoms with E-state index in [2.05, 4.69) is 36.4 Å². The molecule has 31 heavy (non-hydrogen) atoms. The maximum Gasteiger partial charge on any atom is 0.230 e. The van der Waals surface area contributed by atoms with Crippen molar-refractivity contribution in [3.63, 3.8) is 0 Å². The van der Waals surface area contributed by atoms with Crippen LogP contribution >= 0.6 is 15.9 Å². The van der Waals surface area contributed by atoms with Gasteiger partial charge in [-0.05, 0) is 25.1 Å². The maximum absolute atomic E-state index is 11.5. The monoisotopic (exact) mass is 492 g/mol. The number of amides is 1. The van der Waals surface area contributed by atoms with Crippen molar-refractivity contribution < 1.29 is 14.3 Å². The minimum Gasteiger partial charge on any atom is -0.383 e. The summed E-state index contributed by atoms with van der Waals surface area (Å²) >= 11 is 3.17. The molecule has 1 aromatic heterocycles. The molecule has 2 saturated heterocycles. The summed E-state index contributed by atoms with van der Waals surface area (Å²) in [6, 6.07) is 6.04. The number of alkyl halides is 1. The molecule has 10 heteroatoms. The highest BCUT2D eigenvalue weighted by molar-refractivity contribution is 9.09. The Morgan fingerprint density at radius 2 is 1.61 bits per heavy atom. The van der Waals surface area contributed by atoms with E-state index in [1.54, 1.807) is 0 Å². The van der Waals surface area contributed by atoms with Gasteiger partial charge in [0.15, 0.2) is 11.6 Å². The van der Waals surface area contributed by atoms with Gasteiger partial charge in [-0.1, -0.05) is 15.9 Å². The molecule has 0 saturated carbocycles. The lowest BCUT2D eigenvalue weighted by Crippen LogP contribution is -2.41. The summed E-state index contributed by atoms with van der Waals surface area (Å²) in [7, 11) is 0. The molecule has 168 valence electrons. The van der Waals surface area contributed by atoms with E-state index in [1.807, 2.05) is 25.1 Å². The van der Waals surface area contributed by atoms with Gasteiger partial charge in [0.05, 0.1) is 42.8 Å². The number of nitrogens with one attached hydrogen (secondary N) is 2. The van der Waals surface area contributed by atoms with Gasteiger partial charge in [-0.15, -0.1) is 0 Å². The molecule has 0 spiro atoms. The van der Waals surface area contributed by atoms with Crippen LogP contribution < -0.4 is 20.4 Å². The summed E-state index contributed by atoms with van der Waals surface area (Å²) in [6.07, 6.45) is 0. The predicted molar refractivity (Wildman–Crippen MR) is 125 cm³/mol. The van der Waals surface area contributed by atoms with Gasteiger partial charge >= 0.3 is 0 Å². The molecule has 0 aliphatic carbocycles. The van der Waals surface area contributed by atoms with Gasteiger partial charge in [-0.25, -0.2) is 9.97 Å². The summed E-state index contributed by atoms with van der Waals surface area (Å²) in [5.41, 5.74) is 2.67. The third kappa shape index (κ3) is 5.55. The molecule has 2 aliphatic rings. The van der Waals surface area contributed by atoms with Gasteiger partial charge in [-0.2, -0.15) is 0 Å². The topological polar surface area (TPSA) is 91.8 Å². The molecule has 3 heterocycles. The highest BCUT2D eigenvalue weighted by atomic mass is 79.9. The fraction of sp³-hybridized carbons (Fsp3) is 0.571. The number of benzene rings is 1. The Bertz CT molecular complexity index is 902. The normalized spacial score (nSPS) is 18.1. The van der Waals surface area contributed by atoms with Gasteiger partial charge in [0.1, 0.15) is 0 Å². The Hall–Kier alpha value is -2.17. The number of nitrogens with zero attached hydrogens (tertiary/aromatic N) is 4. The lowest BCUT2D eigenvalue weighted by atomic mass is 10.2. The third-order valence-corrected chi connectivity index (χ3v) is 5.90. The molecule has 2 aliphatic heterocycles. The SMILES string of the molecule is CC(CNc1ccc2nc(N3CCOCC3)c(N3CCOCC3)nc2c1)NC(=O)CBr. The number of fused-ring (bicyclic) bond motifs is 1. The minimum absolute atomic E-state index is 0.0134. The number of ether oxygens (including phenoxy) is 2. The third-order valence-electron chi connectivity index (χ3n) is 5.39. The van der Waals surface area contributed by atoms with Crippen LogP contribution in [0.5, 0.6) is 0 Å². The molecule has 0 radical (unpaired) electrons. The van der Waals surface area contributed by atoms with E-state index in [1.165, 1.54) is 0 Å². The predicted octanol–water partition coefficient (Wildman–Crippen LogP) is 1.61. The van der Waals surface area contributed by atoms with Crippen LogP contribution in [-0.4, -0.2) is 86.4 Å². The standard InChI is InChI=1S/C21H29BrN6O3/c1-15(24-19(29)13-22)14-23-16-2-3-17-18(12-16)26-21(28-6-10-31-11-7-28)20(25-17)27-4-8-30-9-5-27/h2-3,12,15,23H,4-11,13-14H2,1H3,(H,24,29). The Morgan fingerprint density at radius 3 is 2.19 bits per heavy atom. The molecule has 2 fully saturated rings. The van der Waals surface area contributed by atoms with Crippen LogP contribution in [0.4, 0.5) is 17.3 Å². The van der Waals surface area contributed by atoms with Crippen LogP contribution in [0.25, 0.3) is 11.0 Å². The first-order valence-corrected chi connectivity index (χ1v) is 11.8.